The highest BCUT2D eigenvalue weighted by molar-refractivity contribution is 6.04. The molecular weight excluding hydrogens is 220 g/mol. The minimum atomic E-state index is -0.140. The minimum Gasteiger partial charge on any atom is -0.494 e. The summed E-state index contributed by atoms with van der Waals surface area (Å²) in [6.07, 6.45) is 0. The van der Waals surface area contributed by atoms with Crippen LogP contribution in [0.3, 0.4) is 0 Å². The Balaban J connectivity index is 2.15. The molecule has 1 N–H and O–H groups in total. The van der Waals surface area contributed by atoms with E-state index in [-0.39, 0.29) is 24.9 Å². The lowest BCUT2D eigenvalue weighted by molar-refractivity contribution is -0.128. The van der Waals surface area contributed by atoms with Gasteiger partial charge in [0.25, 0.3) is 0 Å². The summed E-state index contributed by atoms with van der Waals surface area (Å²) in [7, 11) is 0. The van der Waals surface area contributed by atoms with Crippen molar-refractivity contribution in [1.29, 1.82) is 0 Å². The summed E-state index contributed by atoms with van der Waals surface area (Å²) in [5, 5.41) is 2.51. The number of anilines is 1. The molecule has 0 unspecified atom stereocenters. The van der Waals surface area contributed by atoms with E-state index in [1.54, 1.807) is 24.3 Å². The van der Waals surface area contributed by atoms with Crippen LogP contribution in [-0.2, 0) is 9.59 Å². The van der Waals surface area contributed by atoms with Gasteiger partial charge in [-0.15, -0.1) is 0 Å². The van der Waals surface area contributed by atoms with Gasteiger partial charge >= 0.3 is 0 Å². The van der Waals surface area contributed by atoms with Crippen LogP contribution >= 0.6 is 0 Å². The molecule has 1 aliphatic heterocycles. The third-order valence-corrected chi connectivity index (χ3v) is 2.50. The highest BCUT2D eigenvalue weighted by Gasteiger charge is 2.24. The van der Waals surface area contributed by atoms with Gasteiger partial charge in [0.2, 0.25) is 11.8 Å². The quantitative estimate of drug-likeness (QED) is 0.830. The van der Waals surface area contributed by atoms with Crippen molar-refractivity contribution in [3.63, 3.8) is 0 Å². The van der Waals surface area contributed by atoms with Gasteiger partial charge in [-0.3, -0.25) is 9.59 Å². The Morgan fingerprint density at radius 1 is 1.29 bits per heavy atom. The zero-order valence-corrected chi connectivity index (χ0v) is 9.60. The summed E-state index contributed by atoms with van der Waals surface area (Å²) in [5.41, 5.74) is 0.716. The number of benzene rings is 1. The molecule has 0 aliphatic carbocycles. The zero-order chi connectivity index (χ0) is 12.3. The Morgan fingerprint density at radius 3 is 2.65 bits per heavy atom. The third-order valence-electron chi connectivity index (χ3n) is 2.50. The highest BCUT2D eigenvalue weighted by Crippen LogP contribution is 2.20. The fraction of sp³-hybridized carbons (Fsp3) is 0.333. The Bertz CT molecular complexity index is 428. The van der Waals surface area contributed by atoms with Gasteiger partial charge in [-0.1, -0.05) is 0 Å². The lowest BCUT2D eigenvalue weighted by atomic mass is 10.2. The number of carbonyl (C=O) groups excluding carboxylic acids is 2. The van der Waals surface area contributed by atoms with E-state index in [2.05, 4.69) is 5.32 Å². The number of ether oxygens (including phenoxy) is 1. The van der Waals surface area contributed by atoms with E-state index in [0.717, 1.165) is 5.75 Å². The number of rotatable bonds is 3. The Hall–Kier alpha value is -2.04. The van der Waals surface area contributed by atoms with E-state index < -0.39 is 0 Å². The molecular formula is C12H14N2O3. The van der Waals surface area contributed by atoms with Crippen LogP contribution in [0.5, 0.6) is 5.75 Å². The maximum absolute atomic E-state index is 11.6. The predicted octanol–water partition coefficient (Wildman–Crippen LogP) is 0.548. The van der Waals surface area contributed by atoms with Gasteiger partial charge in [-0.25, -0.2) is 0 Å². The molecule has 0 bridgehead atoms. The number of carbonyl (C=O) groups is 2. The molecule has 0 aromatic heterocycles. The number of nitrogens with zero attached hydrogens (tertiary/aromatic N) is 1. The van der Waals surface area contributed by atoms with E-state index in [4.69, 9.17) is 4.74 Å². The van der Waals surface area contributed by atoms with Crippen LogP contribution in [0.4, 0.5) is 5.69 Å². The second-order valence-corrected chi connectivity index (χ2v) is 3.68. The zero-order valence-electron chi connectivity index (χ0n) is 9.60. The summed E-state index contributed by atoms with van der Waals surface area (Å²) in [6.45, 7) is 2.65. The van der Waals surface area contributed by atoms with Crippen LogP contribution in [0, 0.1) is 0 Å². The van der Waals surface area contributed by atoms with Crippen molar-refractivity contribution >= 4 is 17.5 Å². The molecule has 5 heteroatoms. The fourth-order valence-corrected chi connectivity index (χ4v) is 1.68. The number of amides is 2. The van der Waals surface area contributed by atoms with Gasteiger partial charge in [-0.05, 0) is 31.2 Å². The van der Waals surface area contributed by atoms with Gasteiger partial charge in [0.15, 0.2) is 0 Å². The fourth-order valence-electron chi connectivity index (χ4n) is 1.68. The molecule has 1 saturated heterocycles. The summed E-state index contributed by atoms with van der Waals surface area (Å²) >= 11 is 0. The van der Waals surface area contributed by atoms with Crippen molar-refractivity contribution in [3.8, 4) is 5.75 Å². The van der Waals surface area contributed by atoms with E-state index in [1.165, 1.54) is 4.90 Å². The largest absolute Gasteiger partial charge is 0.494 e. The Labute approximate surface area is 99.4 Å². The van der Waals surface area contributed by atoms with Crippen molar-refractivity contribution in [1.82, 2.24) is 5.32 Å². The number of nitrogens with one attached hydrogen (secondary N) is 1. The highest BCUT2D eigenvalue weighted by atomic mass is 16.5. The summed E-state index contributed by atoms with van der Waals surface area (Å²) in [4.78, 5) is 24.3. The van der Waals surface area contributed by atoms with E-state index in [1.807, 2.05) is 6.92 Å². The van der Waals surface area contributed by atoms with E-state index in [9.17, 15) is 9.59 Å². The SMILES string of the molecule is CCOc1ccc(N2CC(=O)NCC2=O)cc1. The van der Waals surface area contributed by atoms with Crippen molar-refractivity contribution in [2.45, 2.75) is 6.92 Å². The molecule has 1 fully saturated rings. The Morgan fingerprint density at radius 2 is 2.00 bits per heavy atom. The second kappa shape index (κ2) is 4.86. The molecule has 0 spiro atoms. The average Bonchev–Trinajstić information content (AvgIpc) is 2.34. The van der Waals surface area contributed by atoms with Crippen LogP contribution in [0.25, 0.3) is 0 Å². The molecule has 17 heavy (non-hydrogen) atoms. The first-order chi connectivity index (χ1) is 8.20. The van der Waals surface area contributed by atoms with Gasteiger partial charge in [0.1, 0.15) is 12.3 Å². The predicted molar refractivity (Wildman–Crippen MR) is 63.0 cm³/mol. The molecule has 0 atom stereocenters. The van der Waals surface area contributed by atoms with Crippen LogP contribution in [0.15, 0.2) is 24.3 Å². The molecule has 0 radical (unpaired) electrons. The first-order valence-corrected chi connectivity index (χ1v) is 5.50. The molecule has 2 rings (SSSR count). The molecule has 1 heterocycles. The maximum atomic E-state index is 11.6. The van der Waals surface area contributed by atoms with E-state index in [0.29, 0.717) is 12.3 Å². The minimum absolute atomic E-state index is 0.0616. The molecule has 2 amide bonds. The van der Waals surface area contributed by atoms with Crippen LogP contribution in [-0.4, -0.2) is 31.5 Å². The van der Waals surface area contributed by atoms with Crippen molar-refractivity contribution < 1.29 is 14.3 Å². The normalized spacial score (nSPS) is 15.7. The lowest BCUT2D eigenvalue weighted by Crippen LogP contribution is -2.51. The number of hydrogen-bond acceptors (Lipinski definition) is 3. The van der Waals surface area contributed by atoms with Crippen molar-refractivity contribution in [2.24, 2.45) is 0 Å². The number of piperazine rings is 1. The summed E-state index contributed by atoms with van der Waals surface area (Å²) in [5.74, 6) is 0.511. The first kappa shape index (κ1) is 11.4. The standard InChI is InChI=1S/C12H14N2O3/c1-2-17-10-5-3-9(4-6-10)14-8-11(15)13-7-12(14)16/h3-6H,2,7-8H2,1H3,(H,13,15). The molecule has 1 aliphatic rings. The number of hydrogen-bond donors (Lipinski definition) is 1. The average molecular weight is 234 g/mol. The smallest absolute Gasteiger partial charge is 0.246 e. The van der Waals surface area contributed by atoms with Gasteiger partial charge in [-0.2, -0.15) is 0 Å². The van der Waals surface area contributed by atoms with Crippen LogP contribution in [0.1, 0.15) is 6.92 Å². The first-order valence-electron chi connectivity index (χ1n) is 5.50. The van der Waals surface area contributed by atoms with Gasteiger partial charge < -0.3 is 15.0 Å². The van der Waals surface area contributed by atoms with Crippen molar-refractivity contribution in [2.75, 3.05) is 24.6 Å². The molecule has 1 aromatic rings. The summed E-state index contributed by atoms with van der Waals surface area (Å²) in [6, 6.07) is 7.14. The monoisotopic (exact) mass is 234 g/mol. The molecule has 0 saturated carbocycles. The molecule has 5 nitrogen and oxygen atoms in total. The third kappa shape index (κ3) is 2.55. The Kier molecular flexibility index (Phi) is 3.27. The van der Waals surface area contributed by atoms with Crippen LogP contribution in [0.2, 0.25) is 0 Å². The maximum Gasteiger partial charge on any atom is 0.246 e. The van der Waals surface area contributed by atoms with Gasteiger partial charge in [0, 0.05) is 5.69 Å². The lowest BCUT2D eigenvalue weighted by Gasteiger charge is -2.26. The van der Waals surface area contributed by atoms with Gasteiger partial charge in [0.05, 0.1) is 13.2 Å². The molecule has 1 aromatic carbocycles. The topological polar surface area (TPSA) is 58.6 Å². The molecule has 90 valence electrons. The van der Waals surface area contributed by atoms with E-state index >= 15 is 0 Å². The second-order valence-electron chi connectivity index (χ2n) is 3.68. The van der Waals surface area contributed by atoms with Crippen LogP contribution < -0.4 is 15.0 Å². The summed E-state index contributed by atoms with van der Waals surface area (Å²) < 4.78 is 5.31. The van der Waals surface area contributed by atoms with Crippen molar-refractivity contribution in [3.05, 3.63) is 24.3 Å².